The molecule has 0 bridgehead atoms. The molecule has 0 aromatic heterocycles. The second kappa shape index (κ2) is 7.71. The van der Waals surface area contributed by atoms with Crippen LogP contribution in [-0.2, 0) is 4.74 Å². The van der Waals surface area contributed by atoms with Crippen LogP contribution in [-0.4, -0.2) is 61.5 Å². The van der Waals surface area contributed by atoms with E-state index in [9.17, 15) is 13.2 Å². The maximum Gasteiger partial charge on any atom is 0.411 e. The van der Waals surface area contributed by atoms with Crippen LogP contribution in [0.3, 0.4) is 0 Å². The average molecular weight is 300 g/mol. The van der Waals surface area contributed by atoms with Gasteiger partial charge in [0.2, 0.25) is 0 Å². The van der Waals surface area contributed by atoms with Gasteiger partial charge in [0, 0.05) is 24.4 Å². The first-order chi connectivity index (χ1) is 8.91. The summed E-state index contributed by atoms with van der Waals surface area (Å²) in [6.07, 6.45) is 0.616. The van der Waals surface area contributed by atoms with Crippen LogP contribution in [0.15, 0.2) is 0 Å². The number of halogens is 3. The van der Waals surface area contributed by atoms with Gasteiger partial charge in [-0.25, -0.2) is 0 Å². The summed E-state index contributed by atoms with van der Waals surface area (Å²) in [6.45, 7) is 2.45. The lowest BCUT2D eigenvalue weighted by Gasteiger charge is -2.40. The molecular formula is C12H23F3N2OS. The van der Waals surface area contributed by atoms with E-state index >= 15 is 0 Å². The fourth-order valence-corrected chi connectivity index (χ4v) is 3.01. The van der Waals surface area contributed by atoms with Crippen LogP contribution >= 0.6 is 11.8 Å². The molecule has 0 unspecified atom stereocenters. The number of hydrogen-bond acceptors (Lipinski definition) is 4. The van der Waals surface area contributed by atoms with E-state index in [0.717, 1.165) is 32.5 Å². The van der Waals surface area contributed by atoms with Gasteiger partial charge in [-0.3, -0.25) is 0 Å². The Morgan fingerprint density at radius 3 is 2.42 bits per heavy atom. The summed E-state index contributed by atoms with van der Waals surface area (Å²) in [5.74, 6) is 0. The minimum atomic E-state index is -4.22. The Kier molecular flexibility index (Phi) is 6.93. The van der Waals surface area contributed by atoms with Crippen LogP contribution in [0.2, 0.25) is 0 Å². The molecule has 1 fully saturated rings. The summed E-state index contributed by atoms with van der Waals surface area (Å²) >= 11 is 1.83. The maximum atomic E-state index is 11.9. The second-order valence-electron chi connectivity index (χ2n) is 4.95. The Hall–Kier alpha value is 0.0200. The minimum absolute atomic E-state index is 0.167. The average Bonchev–Trinajstić information content (AvgIpc) is 2.38. The van der Waals surface area contributed by atoms with Crippen molar-refractivity contribution in [1.82, 2.24) is 4.90 Å². The van der Waals surface area contributed by atoms with E-state index in [0.29, 0.717) is 13.0 Å². The topological polar surface area (TPSA) is 38.5 Å². The highest BCUT2D eigenvalue weighted by atomic mass is 32.2. The van der Waals surface area contributed by atoms with Crippen LogP contribution in [0.4, 0.5) is 13.2 Å². The first-order valence-corrected chi connectivity index (χ1v) is 7.75. The van der Waals surface area contributed by atoms with Gasteiger partial charge < -0.3 is 15.4 Å². The lowest BCUT2D eigenvalue weighted by atomic mass is 9.96. The molecule has 1 heterocycles. The van der Waals surface area contributed by atoms with Gasteiger partial charge in [-0.05, 0) is 38.6 Å². The van der Waals surface area contributed by atoms with Gasteiger partial charge in [-0.1, -0.05) is 0 Å². The first-order valence-electron chi connectivity index (χ1n) is 6.53. The Morgan fingerprint density at radius 1 is 1.32 bits per heavy atom. The molecule has 2 N–H and O–H groups in total. The fourth-order valence-electron chi connectivity index (χ4n) is 2.25. The third-order valence-corrected chi connectivity index (χ3v) is 5.04. The van der Waals surface area contributed by atoms with Gasteiger partial charge in [-0.2, -0.15) is 24.9 Å². The second-order valence-corrected chi connectivity index (χ2v) is 6.23. The number of piperidine rings is 1. The third kappa shape index (κ3) is 6.33. The van der Waals surface area contributed by atoms with Crippen molar-refractivity contribution >= 4 is 11.8 Å². The summed E-state index contributed by atoms with van der Waals surface area (Å²) in [5.41, 5.74) is 5.81. The first kappa shape index (κ1) is 17.1. The molecule has 0 aromatic rings. The summed E-state index contributed by atoms with van der Waals surface area (Å²) in [6, 6.07) is 0. The predicted molar refractivity (Wildman–Crippen MR) is 72.5 cm³/mol. The lowest BCUT2D eigenvalue weighted by Crippen LogP contribution is -2.46. The van der Waals surface area contributed by atoms with Crippen molar-refractivity contribution in [3.63, 3.8) is 0 Å². The SMILES string of the molecule is CSC1(CN)CCN(CCCOCC(F)(F)F)CC1. The van der Waals surface area contributed by atoms with Crippen LogP contribution in [0, 0.1) is 0 Å². The molecule has 0 aliphatic carbocycles. The largest absolute Gasteiger partial charge is 0.411 e. The molecule has 7 heteroatoms. The van der Waals surface area contributed by atoms with Crippen LogP contribution in [0.25, 0.3) is 0 Å². The Balaban J connectivity index is 2.10. The zero-order chi connectivity index (χ0) is 14.4. The van der Waals surface area contributed by atoms with Gasteiger partial charge in [-0.15, -0.1) is 0 Å². The number of rotatable bonds is 7. The molecule has 0 amide bonds. The molecule has 114 valence electrons. The van der Waals surface area contributed by atoms with Crippen molar-refractivity contribution in [2.75, 3.05) is 45.6 Å². The molecule has 1 aliphatic heterocycles. The van der Waals surface area contributed by atoms with E-state index in [1.807, 2.05) is 11.8 Å². The van der Waals surface area contributed by atoms with Crippen LogP contribution in [0.5, 0.6) is 0 Å². The number of nitrogens with two attached hydrogens (primary N) is 1. The van der Waals surface area contributed by atoms with E-state index in [2.05, 4.69) is 15.9 Å². The summed E-state index contributed by atoms with van der Waals surface area (Å²) in [4.78, 5) is 2.28. The zero-order valence-corrected chi connectivity index (χ0v) is 12.2. The molecule has 0 aromatic carbocycles. The van der Waals surface area contributed by atoms with E-state index in [1.165, 1.54) is 0 Å². The normalized spacial score (nSPS) is 20.7. The predicted octanol–water partition coefficient (Wildman–Crippen LogP) is 2.11. The van der Waals surface area contributed by atoms with Crippen molar-refractivity contribution < 1.29 is 17.9 Å². The smallest absolute Gasteiger partial charge is 0.372 e. The number of ether oxygens (including phenoxy) is 1. The third-order valence-electron chi connectivity index (χ3n) is 3.60. The van der Waals surface area contributed by atoms with Crippen molar-refractivity contribution in [2.45, 2.75) is 30.2 Å². The molecule has 0 radical (unpaired) electrons. The van der Waals surface area contributed by atoms with Crippen molar-refractivity contribution in [1.29, 1.82) is 0 Å². The molecule has 0 spiro atoms. The van der Waals surface area contributed by atoms with Crippen molar-refractivity contribution in [3.8, 4) is 0 Å². The van der Waals surface area contributed by atoms with Crippen LogP contribution < -0.4 is 5.73 Å². The van der Waals surface area contributed by atoms with Gasteiger partial charge in [0.1, 0.15) is 6.61 Å². The Bertz CT molecular complexity index is 250. The van der Waals surface area contributed by atoms with Gasteiger partial charge in [0.05, 0.1) is 0 Å². The molecule has 0 saturated carbocycles. The van der Waals surface area contributed by atoms with Gasteiger partial charge >= 0.3 is 6.18 Å². The Morgan fingerprint density at radius 2 is 1.95 bits per heavy atom. The van der Waals surface area contributed by atoms with E-state index in [-0.39, 0.29) is 11.4 Å². The molecule has 3 nitrogen and oxygen atoms in total. The summed E-state index contributed by atoms with van der Waals surface area (Å²) in [5, 5.41) is 0. The Labute approximate surface area is 117 Å². The number of alkyl halides is 3. The monoisotopic (exact) mass is 300 g/mol. The number of likely N-dealkylation sites (tertiary alicyclic amines) is 1. The van der Waals surface area contributed by atoms with E-state index < -0.39 is 12.8 Å². The number of hydrogen-bond donors (Lipinski definition) is 1. The van der Waals surface area contributed by atoms with Crippen LogP contribution in [0.1, 0.15) is 19.3 Å². The summed E-state index contributed by atoms with van der Waals surface area (Å²) in [7, 11) is 0. The highest BCUT2D eigenvalue weighted by Gasteiger charge is 2.32. The molecular weight excluding hydrogens is 277 g/mol. The fraction of sp³-hybridized carbons (Fsp3) is 1.00. The molecule has 19 heavy (non-hydrogen) atoms. The molecule has 1 aliphatic rings. The summed E-state index contributed by atoms with van der Waals surface area (Å²) < 4.78 is 40.3. The quantitative estimate of drug-likeness (QED) is 0.731. The lowest BCUT2D eigenvalue weighted by molar-refractivity contribution is -0.174. The molecule has 1 rings (SSSR count). The standard InChI is InChI=1S/C12H23F3N2OS/c1-19-11(9-16)3-6-17(7-4-11)5-2-8-18-10-12(13,14)15/h2-10,16H2,1H3. The number of thioether (sulfide) groups is 1. The highest BCUT2D eigenvalue weighted by Crippen LogP contribution is 2.33. The highest BCUT2D eigenvalue weighted by molar-refractivity contribution is 8.00. The maximum absolute atomic E-state index is 11.9. The van der Waals surface area contributed by atoms with E-state index in [4.69, 9.17) is 5.73 Å². The number of nitrogens with zero attached hydrogens (tertiary/aromatic N) is 1. The molecule has 0 atom stereocenters. The van der Waals surface area contributed by atoms with Crippen molar-refractivity contribution in [3.05, 3.63) is 0 Å². The van der Waals surface area contributed by atoms with Crippen molar-refractivity contribution in [2.24, 2.45) is 5.73 Å². The zero-order valence-electron chi connectivity index (χ0n) is 11.3. The van der Waals surface area contributed by atoms with Gasteiger partial charge in [0.25, 0.3) is 0 Å². The van der Waals surface area contributed by atoms with E-state index in [1.54, 1.807) is 0 Å². The molecule has 1 saturated heterocycles. The van der Waals surface area contributed by atoms with Gasteiger partial charge in [0.15, 0.2) is 0 Å². The minimum Gasteiger partial charge on any atom is -0.372 e.